The number of carbonyl (C=O) groups excluding carboxylic acids is 1. The van der Waals surface area contributed by atoms with Crippen molar-refractivity contribution in [3.8, 4) is 17.2 Å². The highest BCUT2D eigenvalue weighted by Gasteiger charge is 2.13. The molecule has 158 valence electrons. The van der Waals surface area contributed by atoms with E-state index in [1.165, 1.54) is 19.2 Å². The molecule has 0 aliphatic rings. The van der Waals surface area contributed by atoms with E-state index in [4.69, 9.17) is 14.2 Å². The minimum atomic E-state index is -3.64. The molecule has 0 radical (unpaired) electrons. The summed E-state index contributed by atoms with van der Waals surface area (Å²) >= 11 is 0. The van der Waals surface area contributed by atoms with E-state index < -0.39 is 10.0 Å². The normalized spacial score (nSPS) is 11.0. The van der Waals surface area contributed by atoms with E-state index in [2.05, 4.69) is 10.0 Å². The number of hydrogen-bond donors (Lipinski definition) is 2. The van der Waals surface area contributed by atoms with E-state index in [0.29, 0.717) is 23.7 Å². The number of nitrogens with one attached hydrogen (secondary N) is 2. The van der Waals surface area contributed by atoms with Gasteiger partial charge in [-0.15, -0.1) is 0 Å². The predicted molar refractivity (Wildman–Crippen MR) is 109 cm³/mol. The first-order valence-electron chi connectivity index (χ1n) is 9.01. The number of benzene rings is 2. The largest absolute Gasteiger partial charge is 0.497 e. The van der Waals surface area contributed by atoms with Crippen LogP contribution in [0.15, 0.2) is 47.4 Å². The number of aryl methyl sites for hydroxylation is 1. The SMILES string of the molecule is COc1ccc(S(=O)(=O)NCCNC(=O)CCc2ccc(OC)c(OC)c2)cc1. The summed E-state index contributed by atoms with van der Waals surface area (Å²) in [6, 6.07) is 11.6. The molecule has 0 fully saturated rings. The first-order chi connectivity index (χ1) is 13.9. The van der Waals surface area contributed by atoms with Gasteiger partial charge >= 0.3 is 0 Å². The van der Waals surface area contributed by atoms with Crippen molar-refractivity contribution in [3.63, 3.8) is 0 Å². The number of sulfonamides is 1. The van der Waals surface area contributed by atoms with Crippen LogP contribution in [0.2, 0.25) is 0 Å². The second-order valence-corrected chi connectivity index (χ2v) is 7.88. The number of ether oxygens (including phenoxy) is 3. The highest BCUT2D eigenvalue weighted by atomic mass is 32.2. The average molecular weight is 423 g/mol. The van der Waals surface area contributed by atoms with Gasteiger partial charge in [-0.3, -0.25) is 4.79 Å². The van der Waals surface area contributed by atoms with Gasteiger partial charge in [0.15, 0.2) is 11.5 Å². The molecule has 0 atom stereocenters. The second kappa shape index (κ2) is 10.7. The summed E-state index contributed by atoms with van der Waals surface area (Å²) in [6.07, 6.45) is 0.810. The van der Waals surface area contributed by atoms with Gasteiger partial charge in [0.2, 0.25) is 15.9 Å². The van der Waals surface area contributed by atoms with Gasteiger partial charge in [0.25, 0.3) is 0 Å². The molecule has 2 aromatic rings. The van der Waals surface area contributed by atoms with Gasteiger partial charge in [-0.2, -0.15) is 0 Å². The fourth-order valence-electron chi connectivity index (χ4n) is 2.61. The van der Waals surface area contributed by atoms with E-state index in [1.807, 2.05) is 12.1 Å². The van der Waals surface area contributed by atoms with Crippen molar-refractivity contribution in [1.29, 1.82) is 0 Å². The topological polar surface area (TPSA) is 103 Å². The van der Waals surface area contributed by atoms with Crippen LogP contribution in [0.1, 0.15) is 12.0 Å². The molecule has 1 amide bonds. The fraction of sp³-hybridized carbons (Fsp3) is 0.350. The van der Waals surface area contributed by atoms with E-state index in [-0.39, 0.29) is 30.3 Å². The Morgan fingerprint density at radius 3 is 2.21 bits per heavy atom. The van der Waals surface area contributed by atoms with Crippen molar-refractivity contribution in [2.45, 2.75) is 17.7 Å². The molecule has 0 bridgehead atoms. The van der Waals surface area contributed by atoms with Crippen molar-refractivity contribution in [2.24, 2.45) is 0 Å². The first kappa shape index (κ1) is 22.5. The van der Waals surface area contributed by atoms with Crippen LogP contribution >= 0.6 is 0 Å². The summed E-state index contributed by atoms with van der Waals surface area (Å²) in [7, 11) is 0.994. The van der Waals surface area contributed by atoms with Gasteiger partial charge in [-0.05, 0) is 48.4 Å². The summed E-state index contributed by atoms with van der Waals surface area (Å²) < 4.78 is 42.3. The minimum absolute atomic E-state index is 0.0937. The molecule has 0 spiro atoms. The van der Waals surface area contributed by atoms with Crippen LogP contribution in [0.5, 0.6) is 17.2 Å². The smallest absolute Gasteiger partial charge is 0.240 e. The molecule has 0 saturated carbocycles. The summed E-state index contributed by atoms with van der Waals surface area (Å²) in [5.74, 6) is 1.65. The van der Waals surface area contributed by atoms with Gasteiger partial charge in [0.05, 0.1) is 26.2 Å². The number of amides is 1. The monoisotopic (exact) mass is 422 g/mol. The molecule has 0 aliphatic carbocycles. The van der Waals surface area contributed by atoms with Crippen LogP contribution in [0.3, 0.4) is 0 Å². The number of methoxy groups -OCH3 is 3. The summed E-state index contributed by atoms with van der Waals surface area (Å²) in [6.45, 7) is 0.288. The molecule has 0 aliphatic heterocycles. The van der Waals surface area contributed by atoms with E-state index in [9.17, 15) is 13.2 Å². The molecule has 0 saturated heterocycles. The lowest BCUT2D eigenvalue weighted by molar-refractivity contribution is -0.121. The molecule has 0 heterocycles. The Bertz CT molecular complexity index is 913. The van der Waals surface area contributed by atoms with Crippen molar-refractivity contribution >= 4 is 15.9 Å². The maximum absolute atomic E-state index is 12.2. The van der Waals surface area contributed by atoms with Gasteiger partial charge in [0.1, 0.15) is 5.75 Å². The summed E-state index contributed by atoms with van der Waals surface area (Å²) in [5.41, 5.74) is 0.943. The lowest BCUT2D eigenvalue weighted by atomic mass is 10.1. The van der Waals surface area contributed by atoms with Gasteiger partial charge < -0.3 is 19.5 Å². The quantitative estimate of drug-likeness (QED) is 0.535. The van der Waals surface area contributed by atoms with Crippen LogP contribution in [0, 0.1) is 0 Å². The maximum atomic E-state index is 12.2. The Morgan fingerprint density at radius 2 is 1.59 bits per heavy atom. The molecule has 8 nitrogen and oxygen atoms in total. The van der Waals surface area contributed by atoms with Crippen molar-refractivity contribution in [3.05, 3.63) is 48.0 Å². The third kappa shape index (κ3) is 6.65. The van der Waals surface area contributed by atoms with Crippen LogP contribution in [-0.4, -0.2) is 48.7 Å². The molecule has 9 heteroatoms. The second-order valence-electron chi connectivity index (χ2n) is 6.11. The third-order valence-electron chi connectivity index (χ3n) is 4.20. The van der Waals surface area contributed by atoms with Crippen molar-refractivity contribution in [2.75, 3.05) is 34.4 Å². The Labute approximate surface area is 171 Å². The average Bonchev–Trinajstić information content (AvgIpc) is 2.75. The highest BCUT2D eigenvalue weighted by molar-refractivity contribution is 7.89. The van der Waals surface area contributed by atoms with Gasteiger partial charge in [0, 0.05) is 19.5 Å². The Morgan fingerprint density at radius 1 is 0.897 bits per heavy atom. The maximum Gasteiger partial charge on any atom is 0.240 e. The molecule has 2 rings (SSSR count). The Hall–Kier alpha value is -2.78. The molecule has 0 unspecified atom stereocenters. The molecular formula is C20H26N2O6S. The Balaban J connectivity index is 1.75. The number of rotatable bonds is 11. The van der Waals surface area contributed by atoms with E-state index in [1.54, 1.807) is 32.4 Å². The third-order valence-corrected chi connectivity index (χ3v) is 5.67. The van der Waals surface area contributed by atoms with Crippen LogP contribution in [-0.2, 0) is 21.2 Å². The minimum Gasteiger partial charge on any atom is -0.497 e. The van der Waals surface area contributed by atoms with Crippen LogP contribution in [0.4, 0.5) is 0 Å². The number of carbonyl (C=O) groups is 1. The van der Waals surface area contributed by atoms with Gasteiger partial charge in [-0.1, -0.05) is 6.07 Å². The zero-order valence-corrected chi connectivity index (χ0v) is 17.5. The zero-order chi connectivity index (χ0) is 21.3. The summed E-state index contributed by atoms with van der Waals surface area (Å²) in [4.78, 5) is 12.1. The molecular weight excluding hydrogens is 396 g/mol. The number of hydrogen-bond acceptors (Lipinski definition) is 6. The van der Waals surface area contributed by atoms with E-state index >= 15 is 0 Å². The lowest BCUT2D eigenvalue weighted by Crippen LogP contribution is -2.34. The van der Waals surface area contributed by atoms with Gasteiger partial charge in [-0.25, -0.2) is 13.1 Å². The molecule has 2 N–H and O–H groups in total. The fourth-order valence-corrected chi connectivity index (χ4v) is 3.64. The molecule has 2 aromatic carbocycles. The highest BCUT2D eigenvalue weighted by Crippen LogP contribution is 2.27. The van der Waals surface area contributed by atoms with Crippen molar-refractivity contribution < 1.29 is 27.4 Å². The van der Waals surface area contributed by atoms with Crippen molar-refractivity contribution in [1.82, 2.24) is 10.0 Å². The standard InChI is InChI=1S/C20H26N2O6S/c1-26-16-6-8-17(9-7-16)29(24,25)22-13-12-21-20(23)11-5-15-4-10-18(27-2)19(14-15)28-3/h4,6-10,14,22H,5,11-13H2,1-3H3,(H,21,23). The molecule has 29 heavy (non-hydrogen) atoms. The first-order valence-corrected chi connectivity index (χ1v) is 10.5. The Kier molecular flexibility index (Phi) is 8.29. The zero-order valence-electron chi connectivity index (χ0n) is 16.7. The predicted octanol–water partition coefficient (Wildman–Crippen LogP) is 1.74. The lowest BCUT2D eigenvalue weighted by Gasteiger charge is -2.10. The van der Waals surface area contributed by atoms with Crippen LogP contribution in [0.25, 0.3) is 0 Å². The van der Waals surface area contributed by atoms with Crippen LogP contribution < -0.4 is 24.2 Å². The summed E-state index contributed by atoms with van der Waals surface area (Å²) in [5, 5.41) is 2.70. The molecule has 0 aromatic heterocycles. The van der Waals surface area contributed by atoms with E-state index in [0.717, 1.165) is 5.56 Å².